The summed E-state index contributed by atoms with van der Waals surface area (Å²) in [5, 5.41) is 12.0. The maximum Gasteiger partial charge on any atom is 0.259 e. The first-order chi connectivity index (χ1) is 8.97. The first-order valence-corrected chi connectivity index (χ1v) is 6.30. The number of aromatic hydroxyl groups is 1. The minimum absolute atomic E-state index is 0.0541. The highest BCUT2D eigenvalue weighted by molar-refractivity contribution is 14.1. The molecule has 0 saturated carbocycles. The summed E-state index contributed by atoms with van der Waals surface area (Å²) in [6.45, 7) is 0. The quantitative estimate of drug-likeness (QED) is 0.790. The molecule has 2 N–H and O–H groups in total. The van der Waals surface area contributed by atoms with Gasteiger partial charge in [0.25, 0.3) is 5.91 Å². The van der Waals surface area contributed by atoms with Crippen molar-refractivity contribution in [1.82, 2.24) is 0 Å². The van der Waals surface area contributed by atoms with Crippen molar-refractivity contribution in [3.05, 3.63) is 57.2 Å². The average Bonchev–Trinajstić information content (AvgIpc) is 2.32. The Balaban J connectivity index is 2.25. The van der Waals surface area contributed by atoms with Gasteiger partial charge in [-0.1, -0.05) is 0 Å². The molecular formula is C13H8F2INO2. The Bertz CT molecular complexity index is 647. The third kappa shape index (κ3) is 3.19. The number of rotatable bonds is 2. The van der Waals surface area contributed by atoms with Crippen LogP contribution >= 0.6 is 22.6 Å². The molecule has 98 valence electrons. The molecule has 2 rings (SSSR count). The van der Waals surface area contributed by atoms with E-state index in [2.05, 4.69) is 5.32 Å². The second-order valence-electron chi connectivity index (χ2n) is 3.74. The number of halogens is 3. The fourth-order valence-corrected chi connectivity index (χ4v) is 2.09. The van der Waals surface area contributed by atoms with Crippen molar-refractivity contribution in [2.24, 2.45) is 0 Å². The Morgan fingerprint density at radius 1 is 1.11 bits per heavy atom. The molecule has 0 aromatic heterocycles. The van der Waals surface area contributed by atoms with Crippen LogP contribution in [0.15, 0.2) is 36.4 Å². The molecule has 0 aliphatic heterocycles. The van der Waals surface area contributed by atoms with Crippen LogP contribution in [-0.2, 0) is 0 Å². The van der Waals surface area contributed by atoms with Gasteiger partial charge in [0.1, 0.15) is 17.4 Å². The van der Waals surface area contributed by atoms with Crippen molar-refractivity contribution >= 4 is 34.2 Å². The van der Waals surface area contributed by atoms with Gasteiger partial charge in [0, 0.05) is 9.64 Å². The van der Waals surface area contributed by atoms with Crippen LogP contribution in [0.2, 0.25) is 0 Å². The van der Waals surface area contributed by atoms with E-state index >= 15 is 0 Å². The number of hydrogen-bond donors (Lipinski definition) is 2. The molecule has 0 saturated heterocycles. The van der Waals surface area contributed by atoms with E-state index in [0.717, 1.165) is 12.1 Å². The summed E-state index contributed by atoms with van der Waals surface area (Å²) < 4.78 is 26.2. The van der Waals surface area contributed by atoms with Crippen molar-refractivity contribution in [1.29, 1.82) is 0 Å². The van der Waals surface area contributed by atoms with Crippen LogP contribution in [-0.4, -0.2) is 11.0 Å². The van der Waals surface area contributed by atoms with Gasteiger partial charge in [-0.15, -0.1) is 0 Å². The number of phenols is 1. The second-order valence-corrected chi connectivity index (χ2v) is 4.90. The predicted octanol–water partition coefficient (Wildman–Crippen LogP) is 3.53. The van der Waals surface area contributed by atoms with Gasteiger partial charge in [0.05, 0.1) is 11.3 Å². The Morgan fingerprint density at radius 2 is 1.74 bits per heavy atom. The number of benzene rings is 2. The van der Waals surface area contributed by atoms with Crippen LogP contribution in [0.25, 0.3) is 0 Å². The zero-order valence-electron chi connectivity index (χ0n) is 9.45. The maximum atomic E-state index is 12.9. The van der Waals surface area contributed by atoms with Crippen LogP contribution in [0, 0.1) is 15.2 Å². The number of hydrogen-bond acceptors (Lipinski definition) is 2. The number of phenolic OH excluding ortho intramolecular Hbond substituents is 1. The molecule has 0 bridgehead atoms. The van der Waals surface area contributed by atoms with Gasteiger partial charge in [-0.3, -0.25) is 4.79 Å². The van der Waals surface area contributed by atoms with Crippen molar-refractivity contribution < 1.29 is 18.7 Å². The fourth-order valence-electron chi connectivity index (χ4n) is 1.48. The SMILES string of the molecule is O=C(Nc1ccc(F)cc1I)c1ccc(F)cc1O. The van der Waals surface area contributed by atoms with Gasteiger partial charge in [-0.2, -0.15) is 0 Å². The van der Waals surface area contributed by atoms with E-state index in [4.69, 9.17) is 0 Å². The smallest absolute Gasteiger partial charge is 0.259 e. The minimum Gasteiger partial charge on any atom is -0.507 e. The summed E-state index contributed by atoms with van der Waals surface area (Å²) in [7, 11) is 0. The Kier molecular flexibility index (Phi) is 3.98. The highest BCUT2D eigenvalue weighted by Crippen LogP contribution is 2.23. The molecule has 0 heterocycles. The van der Waals surface area contributed by atoms with Crippen LogP contribution in [0.3, 0.4) is 0 Å². The van der Waals surface area contributed by atoms with Crippen LogP contribution < -0.4 is 5.32 Å². The summed E-state index contributed by atoms with van der Waals surface area (Å²) in [6, 6.07) is 6.99. The zero-order valence-corrected chi connectivity index (χ0v) is 11.6. The van der Waals surface area contributed by atoms with Gasteiger partial charge in [-0.05, 0) is 52.9 Å². The van der Waals surface area contributed by atoms with E-state index in [1.165, 1.54) is 24.3 Å². The average molecular weight is 375 g/mol. The van der Waals surface area contributed by atoms with Crippen LogP contribution in [0.1, 0.15) is 10.4 Å². The topological polar surface area (TPSA) is 49.3 Å². The van der Waals surface area contributed by atoms with E-state index in [0.29, 0.717) is 9.26 Å². The lowest BCUT2D eigenvalue weighted by molar-refractivity contribution is 0.102. The normalized spacial score (nSPS) is 10.3. The van der Waals surface area contributed by atoms with Gasteiger partial charge >= 0.3 is 0 Å². The lowest BCUT2D eigenvalue weighted by Gasteiger charge is -2.08. The van der Waals surface area contributed by atoms with Crippen LogP contribution in [0.5, 0.6) is 5.75 Å². The standard InChI is InChI=1S/C13H8F2INO2/c14-7-2-4-11(10(16)5-7)17-13(19)9-3-1-8(15)6-12(9)18/h1-6,18H,(H,17,19). The molecule has 0 unspecified atom stereocenters. The molecule has 2 aromatic carbocycles. The molecule has 1 amide bonds. The summed E-state index contributed by atoms with van der Waals surface area (Å²) in [5.74, 6) is -2.09. The van der Waals surface area contributed by atoms with E-state index in [9.17, 15) is 18.7 Å². The largest absolute Gasteiger partial charge is 0.507 e. The summed E-state index contributed by atoms with van der Waals surface area (Å²) in [5.41, 5.74) is 0.359. The number of carbonyl (C=O) groups is 1. The molecule has 0 spiro atoms. The van der Waals surface area contributed by atoms with Crippen molar-refractivity contribution in [2.75, 3.05) is 5.32 Å². The number of amides is 1. The van der Waals surface area contributed by atoms with Gasteiger partial charge < -0.3 is 10.4 Å². The molecule has 0 radical (unpaired) electrons. The zero-order chi connectivity index (χ0) is 14.0. The second kappa shape index (κ2) is 5.52. The highest BCUT2D eigenvalue weighted by atomic mass is 127. The lowest BCUT2D eigenvalue weighted by atomic mass is 10.2. The van der Waals surface area contributed by atoms with Gasteiger partial charge in [0.2, 0.25) is 0 Å². The summed E-state index contributed by atoms with van der Waals surface area (Å²) in [4.78, 5) is 11.9. The summed E-state index contributed by atoms with van der Waals surface area (Å²) in [6.07, 6.45) is 0. The molecule has 19 heavy (non-hydrogen) atoms. The van der Waals surface area contributed by atoms with Gasteiger partial charge in [0.15, 0.2) is 0 Å². The van der Waals surface area contributed by atoms with Crippen molar-refractivity contribution in [3.63, 3.8) is 0 Å². The minimum atomic E-state index is -0.634. The number of nitrogens with one attached hydrogen (secondary N) is 1. The van der Waals surface area contributed by atoms with Gasteiger partial charge in [-0.25, -0.2) is 8.78 Å². The number of anilines is 1. The third-order valence-corrected chi connectivity index (χ3v) is 3.28. The predicted molar refractivity (Wildman–Crippen MR) is 75.1 cm³/mol. The first-order valence-electron chi connectivity index (χ1n) is 5.22. The highest BCUT2D eigenvalue weighted by Gasteiger charge is 2.13. The van der Waals surface area contributed by atoms with E-state index in [1.54, 1.807) is 0 Å². The molecule has 0 aliphatic rings. The maximum absolute atomic E-state index is 12.9. The molecule has 0 aliphatic carbocycles. The monoisotopic (exact) mass is 375 g/mol. The third-order valence-electron chi connectivity index (χ3n) is 2.38. The van der Waals surface area contributed by atoms with Crippen molar-refractivity contribution in [2.45, 2.75) is 0 Å². The molecule has 6 heteroatoms. The summed E-state index contributed by atoms with van der Waals surface area (Å²) >= 11 is 1.88. The van der Waals surface area contributed by atoms with E-state index in [1.807, 2.05) is 22.6 Å². The Hall–Kier alpha value is -1.70. The lowest BCUT2D eigenvalue weighted by Crippen LogP contribution is -2.13. The van der Waals surface area contributed by atoms with Crippen molar-refractivity contribution in [3.8, 4) is 5.75 Å². The molecule has 0 atom stereocenters. The van der Waals surface area contributed by atoms with E-state index < -0.39 is 23.3 Å². The molecule has 3 nitrogen and oxygen atoms in total. The molecule has 0 fully saturated rings. The Morgan fingerprint density at radius 3 is 2.37 bits per heavy atom. The number of carbonyl (C=O) groups excluding carboxylic acids is 1. The first kappa shape index (κ1) is 13.7. The molecule has 2 aromatic rings. The van der Waals surface area contributed by atoms with Crippen LogP contribution in [0.4, 0.5) is 14.5 Å². The Labute approximate surface area is 121 Å². The van der Waals surface area contributed by atoms with E-state index in [-0.39, 0.29) is 5.56 Å². The fraction of sp³-hybridized carbons (Fsp3) is 0. The molecular weight excluding hydrogens is 367 g/mol.